The minimum absolute atomic E-state index is 0.268. The van der Waals surface area contributed by atoms with E-state index in [4.69, 9.17) is 15.2 Å². The van der Waals surface area contributed by atoms with Crippen LogP contribution in [0, 0.1) is 0 Å². The van der Waals surface area contributed by atoms with Crippen LogP contribution in [0.15, 0.2) is 78.9 Å². The monoisotopic (exact) mass is 337 g/mol. The second kappa shape index (κ2) is 8.31. The number of benzene rings is 3. The molecule has 2 N–H and O–H groups in total. The summed E-state index contributed by atoms with van der Waals surface area (Å²) in [6.45, 7) is -0.460. The number of hydrogen-bond acceptors (Lipinski definition) is 3. The van der Waals surface area contributed by atoms with Crippen LogP contribution in [0.4, 0.5) is 4.39 Å². The van der Waals surface area contributed by atoms with E-state index >= 15 is 0 Å². The number of nitrogens with two attached hydrogens (primary N) is 1. The number of para-hydroxylation sites is 2. The van der Waals surface area contributed by atoms with E-state index < -0.39 is 6.67 Å². The van der Waals surface area contributed by atoms with Gasteiger partial charge in [0.25, 0.3) is 0 Å². The molecule has 0 bridgehead atoms. The van der Waals surface area contributed by atoms with Crippen molar-refractivity contribution in [3.8, 4) is 23.0 Å². The van der Waals surface area contributed by atoms with Gasteiger partial charge in [0.05, 0.1) is 6.67 Å². The molecule has 0 saturated carbocycles. The van der Waals surface area contributed by atoms with Crippen molar-refractivity contribution in [1.82, 2.24) is 0 Å². The molecule has 0 unspecified atom stereocenters. The van der Waals surface area contributed by atoms with Crippen LogP contribution < -0.4 is 15.2 Å². The van der Waals surface area contributed by atoms with Crippen LogP contribution >= 0.6 is 0 Å². The normalized spacial score (nSPS) is 11.8. The zero-order chi connectivity index (χ0) is 17.5. The fourth-order valence-corrected chi connectivity index (χ4v) is 2.43. The topological polar surface area (TPSA) is 44.5 Å². The first-order valence-electron chi connectivity index (χ1n) is 8.17. The molecule has 1 atom stereocenters. The largest absolute Gasteiger partial charge is 0.453 e. The van der Waals surface area contributed by atoms with Crippen LogP contribution in [0.2, 0.25) is 0 Å². The second-order valence-electron chi connectivity index (χ2n) is 5.62. The van der Waals surface area contributed by atoms with Crippen molar-refractivity contribution >= 4 is 0 Å². The quantitative estimate of drug-likeness (QED) is 0.607. The molecular weight excluding hydrogens is 317 g/mol. The van der Waals surface area contributed by atoms with E-state index in [2.05, 4.69) is 0 Å². The maximum absolute atomic E-state index is 12.6. The van der Waals surface area contributed by atoms with Crippen LogP contribution in [0.5, 0.6) is 23.0 Å². The highest BCUT2D eigenvalue weighted by Crippen LogP contribution is 2.36. The lowest BCUT2D eigenvalue weighted by molar-refractivity contribution is 0.415. The van der Waals surface area contributed by atoms with Crippen molar-refractivity contribution in [3.63, 3.8) is 0 Å². The minimum Gasteiger partial charge on any atom is -0.453 e. The first-order chi connectivity index (χ1) is 12.3. The zero-order valence-corrected chi connectivity index (χ0v) is 13.8. The molecule has 0 amide bonds. The molecule has 0 aliphatic rings. The lowest BCUT2D eigenvalue weighted by Gasteiger charge is -2.16. The molecule has 0 aliphatic carbocycles. The predicted molar refractivity (Wildman–Crippen MR) is 97.0 cm³/mol. The average molecular weight is 337 g/mol. The van der Waals surface area contributed by atoms with E-state index in [1.165, 1.54) is 0 Å². The fraction of sp³-hybridized carbons (Fsp3) is 0.143. The minimum atomic E-state index is -0.460. The number of ether oxygens (including phenoxy) is 2. The van der Waals surface area contributed by atoms with Gasteiger partial charge in [0.15, 0.2) is 11.5 Å². The zero-order valence-electron chi connectivity index (χ0n) is 13.8. The Morgan fingerprint density at radius 2 is 1.32 bits per heavy atom. The highest BCUT2D eigenvalue weighted by molar-refractivity contribution is 5.48. The summed E-state index contributed by atoms with van der Waals surface area (Å²) in [4.78, 5) is 0. The first-order valence-corrected chi connectivity index (χ1v) is 8.17. The molecule has 0 radical (unpaired) electrons. The Hall–Kier alpha value is -2.85. The molecule has 4 heteroatoms. The highest BCUT2D eigenvalue weighted by atomic mass is 19.1. The van der Waals surface area contributed by atoms with Gasteiger partial charge in [0.1, 0.15) is 11.5 Å². The molecular formula is C21H20FNO2. The first kappa shape index (κ1) is 17.0. The maximum Gasteiger partial charge on any atom is 0.170 e. The van der Waals surface area contributed by atoms with Crippen LogP contribution in [-0.4, -0.2) is 6.67 Å². The number of halogens is 1. The standard InChI is InChI=1S/C21H20FNO2/c22-14-13-19(23)16-11-12-20(24-17-7-3-1-4-8-17)21(15-16)25-18-9-5-2-6-10-18/h1-12,15,19H,13-14,23H2/t19-/m1/s1. The smallest absolute Gasteiger partial charge is 0.170 e. The third kappa shape index (κ3) is 4.58. The summed E-state index contributed by atoms with van der Waals surface area (Å²) >= 11 is 0. The van der Waals surface area contributed by atoms with Crippen LogP contribution in [0.25, 0.3) is 0 Å². The van der Waals surface area contributed by atoms with E-state index in [-0.39, 0.29) is 12.5 Å². The Morgan fingerprint density at radius 3 is 1.88 bits per heavy atom. The second-order valence-corrected chi connectivity index (χ2v) is 5.62. The average Bonchev–Trinajstić information content (AvgIpc) is 2.65. The third-order valence-electron chi connectivity index (χ3n) is 3.76. The molecule has 0 aromatic heterocycles. The molecule has 25 heavy (non-hydrogen) atoms. The summed E-state index contributed by atoms with van der Waals surface area (Å²) in [5.74, 6) is 2.52. The summed E-state index contributed by atoms with van der Waals surface area (Å²) in [5.41, 5.74) is 6.84. The summed E-state index contributed by atoms with van der Waals surface area (Å²) in [6.07, 6.45) is 0.268. The molecule has 0 fully saturated rings. The Kier molecular flexibility index (Phi) is 5.65. The van der Waals surface area contributed by atoms with Gasteiger partial charge in [0, 0.05) is 6.04 Å². The summed E-state index contributed by atoms with van der Waals surface area (Å²) in [6, 6.07) is 24.0. The van der Waals surface area contributed by atoms with Gasteiger partial charge in [-0.2, -0.15) is 0 Å². The van der Waals surface area contributed by atoms with Gasteiger partial charge in [-0.05, 0) is 48.4 Å². The third-order valence-corrected chi connectivity index (χ3v) is 3.76. The van der Waals surface area contributed by atoms with E-state index in [1.54, 1.807) is 6.07 Å². The maximum atomic E-state index is 12.6. The van der Waals surface area contributed by atoms with Crippen molar-refractivity contribution in [3.05, 3.63) is 84.4 Å². The Bertz CT molecular complexity index is 794. The highest BCUT2D eigenvalue weighted by Gasteiger charge is 2.13. The van der Waals surface area contributed by atoms with Crippen molar-refractivity contribution in [2.24, 2.45) is 5.73 Å². The Labute approximate surface area is 146 Å². The van der Waals surface area contributed by atoms with Crippen LogP contribution in [0.1, 0.15) is 18.0 Å². The van der Waals surface area contributed by atoms with Gasteiger partial charge in [-0.3, -0.25) is 4.39 Å². The lowest BCUT2D eigenvalue weighted by atomic mass is 10.0. The lowest BCUT2D eigenvalue weighted by Crippen LogP contribution is -2.11. The van der Waals surface area contributed by atoms with Crippen molar-refractivity contribution in [1.29, 1.82) is 0 Å². The van der Waals surface area contributed by atoms with Gasteiger partial charge < -0.3 is 15.2 Å². The molecule has 0 saturated heterocycles. The molecule has 128 valence electrons. The Morgan fingerprint density at radius 1 is 0.760 bits per heavy atom. The molecule has 3 aromatic rings. The van der Waals surface area contributed by atoms with E-state index in [0.717, 1.165) is 5.56 Å². The molecule has 0 aliphatic heterocycles. The Balaban J connectivity index is 1.92. The van der Waals surface area contributed by atoms with Gasteiger partial charge in [-0.25, -0.2) is 0 Å². The molecule has 3 nitrogen and oxygen atoms in total. The number of hydrogen-bond donors (Lipinski definition) is 1. The number of rotatable bonds is 7. The van der Waals surface area contributed by atoms with Gasteiger partial charge >= 0.3 is 0 Å². The molecule has 3 aromatic carbocycles. The van der Waals surface area contributed by atoms with Gasteiger partial charge in [0.2, 0.25) is 0 Å². The van der Waals surface area contributed by atoms with Crippen molar-refractivity contribution in [2.75, 3.05) is 6.67 Å². The summed E-state index contributed by atoms with van der Waals surface area (Å²) in [5, 5.41) is 0. The van der Waals surface area contributed by atoms with Gasteiger partial charge in [-0.1, -0.05) is 42.5 Å². The van der Waals surface area contributed by atoms with Crippen LogP contribution in [-0.2, 0) is 0 Å². The fourth-order valence-electron chi connectivity index (χ4n) is 2.43. The van der Waals surface area contributed by atoms with Crippen molar-refractivity contribution < 1.29 is 13.9 Å². The SMILES string of the molecule is N[C@H](CCF)c1ccc(Oc2ccccc2)c(Oc2ccccc2)c1. The van der Waals surface area contributed by atoms with Crippen molar-refractivity contribution in [2.45, 2.75) is 12.5 Å². The van der Waals surface area contributed by atoms with E-state index in [1.807, 2.05) is 72.8 Å². The van der Waals surface area contributed by atoms with Crippen LogP contribution in [0.3, 0.4) is 0 Å². The van der Waals surface area contributed by atoms with E-state index in [9.17, 15) is 4.39 Å². The summed E-state index contributed by atoms with van der Waals surface area (Å²) in [7, 11) is 0. The predicted octanol–water partition coefficient (Wildman–Crippen LogP) is 5.63. The summed E-state index contributed by atoms with van der Waals surface area (Å²) < 4.78 is 24.5. The molecule has 3 rings (SSSR count). The number of alkyl halides is 1. The molecule has 0 heterocycles. The van der Waals surface area contributed by atoms with Gasteiger partial charge in [-0.15, -0.1) is 0 Å². The van der Waals surface area contributed by atoms with E-state index in [0.29, 0.717) is 23.0 Å². The molecule has 0 spiro atoms.